The second-order valence-electron chi connectivity index (χ2n) is 4.53. The second kappa shape index (κ2) is 5.37. The first-order valence-corrected chi connectivity index (χ1v) is 6.51. The molecule has 1 heterocycles. The molecule has 2 nitrogen and oxygen atoms in total. The largest absolute Gasteiger partial charge is 0.395 e. The highest BCUT2D eigenvalue weighted by molar-refractivity contribution is 5.84. The molecule has 0 spiro atoms. The molecule has 1 N–H and O–H groups in total. The highest BCUT2D eigenvalue weighted by Crippen LogP contribution is 2.24. The van der Waals surface area contributed by atoms with E-state index < -0.39 is 0 Å². The Labute approximate surface area is 103 Å². The van der Waals surface area contributed by atoms with Gasteiger partial charge in [0, 0.05) is 23.6 Å². The third-order valence-corrected chi connectivity index (χ3v) is 3.30. The number of hydrogen-bond donors (Lipinski definition) is 1. The van der Waals surface area contributed by atoms with Gasteiger partial charge in [0.2, 0.25) is 0 Å². The van der Waals surface area contributed by atoms with Crippen molar-refractivity contribution in [2.75, 3.05) is 6.61 Å². The van der Waals surface area contributed by atoms with Gasteiger partial charge in [-0.15, -0.1) is 0 Å². The molecule has 0 atom stereocenters. The van der Waals surface area contributed by atoms with E-state index in [4.69, 9.17) is 5.11 Å². The van der Waals surface area contributed by atoms with Crippen LogP contribution in [-0.2, 0) is 19.4 Å². The maximum absolute atomic E-state index is 9.10. The highest BCUT2D eigenvalue weighted by atomic mass is 16.3. The molecule has 0 bridgehead atoms. The van der Waals surface area contributed by atoms with Gasteiger partial charge in [-0.1, -0.05) is 26.3 Å². The molecule has 0 aliphatic heterocycles. The summed E-state index contributed by atoms with van der Waals surface area (Å²) in [6, 6.07) is 6.67. The highest BCUT2D eigenvalue weighted by Gasteiger charge is 2.08. The standard InChI is InChI=1S/C15H21NO/c1-3-5-13-11-16(8-9-17)15-7-6-12(4-2)10-14(13)15/h6-7,10-11,17H,3-5,8-9H2,1-2H3. The van der Waals surface area contributed by atoms with Crippen molar-refractivity contribution in [3.05, 3.63) is 35.5 Å². The van der Waals surface area contributed by atoms with Gasteiger partial charge in [-0.25, -0.2) is 0 Å². The van der Waals surface area contributed by atoms with E-state index in [0.29, 0.717) is 6.54 Å². The summed E-state index contributed by atoms with van der Waals surface area (Å²) >= 11 is 0. The Hall–Kier alpha value is -1.28. The van der Waals surface area contributed by atoms with E-state index in [0.717, 1.165) is 19.3 Å². The third kappa shape index (κ3) is 2.37. The average Bonchev–Trinajstić information content (AvgIpc) is 2.68. The van der Waals surface area contributed by atoms with Crippen LogP contribution in [0.2, 0.25) is 0 Å². The maximum Gasteiger partial charge on any atom is 0.0610 e. The minimum Gasteiger partial charge on any atom is -0.395 e. The summed E-state index contributed by atoms with van der Waals surface area (Å²) in [6.45, 7) is 5.28. The lowest BCUT2D eigenvalue weighted by Crippen LogP contribution is -1.99. The summed E-state index contributed by atoms with van der Waals surface area (Å²) in [5.74, 6) is 0. The van der Waals surface area contributed by atoms with Crippen molar-refractivity contribution >= 4 is 10.9 Å². The number of fused-ring (bicyclic) bond motifs is 1. The maximum atomic E-state index is 9.10. The molecule has 0 amide bonds. The summed E-state index contributed by atoms with van der Waals surface area (Å²) < 4.78 is 2.17. The molecule has 92 valence electrons. The Morgan fingerprint density at radius 3 is 2.71 bits per heavy atom. The monoisotopic (exact) mass is 231 g/mol. The molecule has 0 unspecified atom stereocenters. The van der Waals surface area contributed by atoms with Gasteiger partial charge in [-0.2, -0.15) is 0 Å². The second-order valence-corrected chi connectivity index (χ2v) is 4.53. The quantitative estimate of drug-likeness (QED) is 0.840. The fourth-order valence-electron chi connectivity index (χ4n) is 2.40. The minimum atomic E-state index is 0.199. The van der Waals surface area contributed by atoms with Crippen molar-refractivity contribution in [1.29, 1.82) is 0 Å². The predicted octanol–water partition coefficient (Wildman–Crippen LogP) is 3.15. The minimum absolute atomic E-state index is 0.199. The van der Waals surface area contributed by atoms with Gasteiger partial charge in [0.05, 0.1) is 6.61 Å². The van der Waals surface area contributed by atoms with Crippen molar-refractivity contribution in [2.24, 2.45) is 0 Å². The summed E-state index contributed by atoms with van der Waals surface area (Å²) in [4.78, 5) is 0. The van der Waals surface area contributed by atoms with Crippen LogP contribution in [0.4, 0.5) is 0 Å². The molecule has 0 fully saturated rings. The van der Waals surface area contributed by atoms with E-state index in [2.05, 4.69) is 42.8 Å². The van der Waals surface area contributed by atoms with Crippen LogP contribution in [0.3, 0.4) is 0 Å². The molecule has 2 rings (SSSR count). The molecule has 1 aromatic heterocycles. The van der Waals surface area contributed by atoms with Gasteiger partial charge in [0.25, 0.3) is 0 Å². The number of benzene rings is 1. The van der Waals surface area contributed by atoms with Crippen LogP contribution >= 0.6 is 0 Å². The first-order chi connectivity index (χ1) is 8.30. The summed E-state index contributed by atoms with van der Waals surface area (Å²) in [5, 5.41) is 10.5. The summed E-state index contributed by atoms with van der Waals surface area (Å²) in [7, 11) is 0. The number of hydrogen-bond acceptors (Lipinski definition) is 1. The topological polar surface area (TPSA) is 25.2 Å². The van der Waals surface area contributed by atoms with Gasteiger partial charge in [0.15, 0.2) is 0 Å². The van der Waals surface area contributed by atoms with Crippen molar-refractivity contribution < 1.29 is 5.11 Å². The fraction of sp³-hybridized carbons (Fsp3) is 0.467. The van der Waals surface area contributed by atoms with E-state index in [1.54, 1.807) is 0 Å². The summed E-state index contributed by atoms with van der Waals surface area (Å²) in [5.41, 5.74) is 4.04. The van der Waals surface area contributed by atoms with Crippen LogP contribution in [0, 0.1) is 0 Å². The Kier molecular flexibility index (Phi) is 3.85. The van der Waals surface area contributed by atoms with Crippen LogP contribution < -0.4 is 0 Å². The van der Waals surface area contributed by atoms with Gasteiger partial charge in [-0.3, -0.25) is 0 Å². The van der Waals surface area contributed by atoms with E-state index >= 15 is 0 Å². The Morgan fingerprint density at radius 1 is 1.24 bits per heavy atom. The number of rotatable bonds is 5. The summed E-state index contributed by atoms with van der Waals surface area (Å²) in [6.07, 6.45) is 5.55. The Balaban J connectivity index is 2.54. The van der Waals surface area contributed by atoms with Crippen molar-refractivity contribution in [2.45, 2.75) is 39.7 Å². The zero-order valence-electron chi connectivity index (χ0n) is 10.7. The van der Waals surface area contributed by atoms with Gasteiger partial charge in [-0.05, 0) is 36.1 Å². The van der Waals surface area contributed by atoms with E-state index in [9.17, 15) is 0 Å². The van der Waals surface area contributed by atoms with Crippen LogP contribution in [-0.4, -0.2) is 16.3 Å². The molecule has 0 radical (unpaired) electrons. The van der Waals surface area contributed by atoms with Gasteiger partial charge in [0.1, 0.15) is 0 Å². The SMILES string of the molecule is CCCc1cn(CCO)c2ccc(CC)cc12. The Bertz CT molecular complexity index is 499. The number of aryl methyl sites for hydroxylation is 2. The number of nitrogens with zero attached hydrogens (tertiary/aromatic N) is 1. The molecular formula is C15H21NO. The molecule has 0 saturated carbocycles. The lowest BCUT2D eigenvalue weighted by atomic mass is 10.1. The zero-order chi connectivity index (χ0) is 12.3. The van der Waals surface area contributed by atoms with Crippen molar-refractivity contribution in [3.63, 3.8) is 0 Å². The third-order valence-electron chi connectivity index (χ3n) is 3.30. The Morgan fingerprint density at radius 2 is 2.06 bits per heavy atom. The number of aliphatic hydroxyl groups is 1. The molecule has 2 aromatic rings. The molecule has 0 saturated heterocycles. The van der Waals surface area contributed by atoms with Crippen LogP contribution in [0.1, 0.15) is 31.4 Å². The zero-order valence-corrected chi connectivity index (χ0v) is 10.7. The average molecular weight is 231 g/mol. The van der Waals surface area contributed by atoms with Crippen LogP contribution in [0.25, 0.3) is 10.9 Å². The van der Waals surface area contributed by atoms with E-state index in [-0.39, 0.29) is 6.61 Å². The first-order valence-electron chi connectivity index (χ1n) is 6.51. The van der Waals surface area contributed by atoms with Crippen molar-refractivity contribution in [3.8, 4) is 0 Å². The van der Waals surface area contributed by atoms with Crippen LogP contribution in [0.15, 0.2) is 24.4 Å². The molecule has 17 heavy (non-hydrogen) atoms. The van der Waals surface area contributed by atoms with Gasteiger partial charge >= 0.3 is 0 Å². The van der Waals surface area contributed by atoms with Crippen LogP contribution in [0.5, 0.6) is 0 Å². The normalized spacial score (nSPS) is 11.2. The van der Waals surface area contributed by atoms with E-state index in [1.807, 2.05) is 0 Å². The number of aromatic nitrogens is 1. The smallest absolute Gasteiger partial charge is 0.0610 e. The molecule has 0 aliphatic carbocycles. The first kappa shape index (κ1) is 12.2. The fourth-order valence-corrected chi connectivity index (χ4v) is 2.40. The lowest BCUT2D eigenvalue weighted by molar-refractivity contribution is 0.278. The molecular weight excluding hydrogens is 210 g/mol. The lowest BCUT2D eigenvalue weighted by Gasteiger charge is -2.03. The molecule has 2 heteroatoms. The molecule has 0 aliphatic rings. The number of aliphatic hydroxyl groups excluding tert-OH is 1. The van der Waals surface area contributed by atoms with Crippen molar-refractivity contribution in [1.82, 2.24) is 4.57 Å². The van der Waals surface area contributed by atoms with E-state index in [1.165, 1.54) is 22.0 Å². The predicted molar refractivity (Wildman–Crippen MR) is 72.4 cm³/mol. The van der Waals surface area contributed by atoms with Gasteiger partial charge < -0.3 is 9.67 Å². The molecule has 1 aromatic carbocycles.